The summed E-state index contributed by atoms with van der Waals surface area (Å²) in [4.78, 5) is 25.8. The third-order valence-electron chi connectivity index (χ3n) is 3.62. The van der Waals surface area contributed by atoms with Crippen LogP contribution in [0.15, 0.2) is 42.5 Å². The molecule has 0 unspecified atom stereocenters. The Morgan fingerprint density at radius 3 is 2.75 bits per heavy atom. The zero-order valence-electron chi connectivity index (χ0n) is 11.1. The van der Waals surface area contributed by atoms with Gasteiger partial charge < -0.3 is 10.2 Å². The number of hydrogen-bond donors (Lipinski definition) is 1. The van der Waals surface area contributed by atoms with Crippen LogP contribution in [0.3, 0.4) is 0 Å². The van der Waals surface area contributed by atoms with E-state index in [-0.39, 0.29) is 11.8 Å². The van der Waals surface area contributed by atoms with Gasteiger partial charge in [-0.05, 0) is 16.8 Å². The average molecular weight is 268 g/mol. The van der Waals surface area contributed by atoms with Crippen LogP contribution < -0.4 is 5.32 Å². The van der Waals surface area contributed by atoms with E-state index in [2.05, 4.69) is 5.32 Å². The number of amides is 2. The monoisotopic (exact) mass is 268 g/mol. The summed E-state index contributed by atoms with van der Waals surface area (Å²) in [5.41, 5.74) is 0.706. The number of fused-ring (bicyclic) bond motifs is 1. The van der Waals surface area contributed by atoms with Gasteiger partial charge in [0.15, 0.2) is 0 Å². The molecule has 1 N–H and O–H groups in total. The van der Waals surface area contributed by atoms with Crippen LogP contribution in [0.1, 0.15) is 16.8 Å². The number of nitrogens with one attached hydrogen (secondary N) is 1. The molecule has 1 saturated heterocycles. The molecule has 1 aliphatic heterocycles. The van der Waals surface area contributed by atoms with E-state index in [1.807, 2.05) is 42.5 Å². The summed E-state index contributed by atoms with van der Waals surface area (Å²) in [5, 5.41) is 4.80. The maximum absolute atomic E-state index is 12.7. The van der Waals surface area contributed by atoms with Crippen LogP contribution in [0.25, 0.3) is 10.8 Å². The first-order valence-electron chi connectivity index (χ1n) is 6.79. The Kier molecular flexibility index (Phi) is 3.37. The van der Waals surface area contributed by atoms with Gasteiger partial charge >= 0.3 is 0 Å². The van der Waals surface area contributed by atoms with Crippen molar-refractivity contribution in [3.63, 3.8) is 0 Å². The van der Waals surface area contributed by atoms with E-state index in [1.54, 1.807) is 4.90 Å². The van der Waals surface area contributed by atoms with Crippen LogP contribution in [0.2, 0.25) is 0 Å². The largest absolute Gasteiger partial charge is 0.354 e. The van der Waals surface area contributed by atoms with Gasteiger partial charge in [-0.2, -0.15) is 0 Å². The van der Waals surface area contributed by atoms with Crippen LogP contribution in [-0.2, 0) is 4.79 Å². The number of hydrogen-bond acceptors (Lipinski definition) is 2. The lowest BCUT2D eigenvalue weighted by molar-refractivity contribution is -0.120. The van der Waals surface area contributed by atoms with Crippen LogP contribution in [0, 0.1) is 0 Å². The second-order valence-corrected chi connectivity index (χ2v) is 4.92. The van der Waals surface area contributed by atoms with E-state index in [1.165, 1.54) is 0 Å². The normalized spacial score (nSPS) is 15.8. The van der Waals surface area contributed by atoms with Crippen molar-refractivity contribution in [3.05, 3.63) is 48.0 Å². The zero-order chi connectivity index (χ0) is 13.9. The van der Waals surface area contributed by atoms with Crippen molar-refractivity contribution >= 4 is 22.6 Å². The van der Waals surface area contributed by atoms with E-state index in [0.29, 0.717) is 31.6 Å². The van der Waals surface area contributed by atoms with E-state index >= 15 is 0 Å². The minimum absolute atomic E-state index is 0.00157. The third kappa shape index (κ3) is 2.37. The Balaban J connectivity index is 1.94. The lowest BCUT2D eigenvalue weighted by Crippen LogP contribution is -2.34. The highest BCUT2D eigenvalue weighted by molar-refractivity contribution is 6.07. The molecule has 0 aromatic heterocycles. The summed E-state index contributed by atoms with van der Waals surface area (Å²) in [7, 11) is 0. The molecule has 1 aliphatic rings. The predicted octanol–water partition coefficient (Wildman–Crippen LogP) is 1.80. The summed E-state index contributed by atoms with van der Waals surface area (Å²) >= 11 is 0. The third-order valence-corrected chi connectivity index (χ3v) is 3.62. The first-order valence-corrected chi connectivity index (χ1v) is 6.79. The Morgan fingerprint density at radius 2 is 1.85 bits per heavy atom. The standard InChI is InChI=1S/C16H16N2O2/c19-15-8-10-18(11-9-17-15)16(20)14-7-3-5-12-4-1-2-6-13(12)14/h1-7H,8-11H2,(H,17,19). The van der Waals surface area contributed by atoms with Crippen LogP contribution in [0.4, 0.5) is 0 Å². The molecule has 0 spiro atoms. The molecule has 2 amide bonds. The van der Waals surface area contributed by atoms with E-state index in [0.717, 1.165) is 10.8 Å². The van der Waals surface area contributed by atoms with Gasteiger partial charge in [0.2, 0.25) is 5.91 Å². The SMILES string of the molecule is O=C1CCN(C(=O)c2cccc3ccccc23)CCN1. The van der Waals surface area contributed by atoms with Crippen molar-refractivity contribution in [1.29, 1.82) is 0 Å². The molecule has 4 nitrogen and oxygen atoms in total. The number of nitrogens with zero attached hydrogens (tertiary/aromatic N) is 1. The van der Waals surface area contributed by atoms with Crippen molar-refractivity contribution in [2.24, 2.45) is 0 Å². The predicted molar refractivity (Wildman–Crippen MR) is 77.5 cm³/mol. The van der Waals surface area contributed by atoms with E-state index in [4.69, 9.17) is 0 Å². The highest BCUT2D eigenvalue weighted by Gasteiger charge is 2.20. The van der Waals surface area contributed by atoms with Gasteiger partial charge in [0.25, 0.3) is 5.91 Å². The first-order chi connectivity index (χ1) is 9.75. The molecule has 1 heterocycles. The fraction of sp³-hybridized carbons (Fsp3) is 0.250. The summed E-state index contributed by atoms with van der Waals surface area (Å²) in [6.45, 7) is 1.57. The van der Waals surface area contributed by atoms with E-state index in [9.17, 15) is 9.59 Å². The highest BCUT2D eigenvalue weighted by Crippen LogP contribution is 2.20. The quantitative estimate of drug-likeness (QED) is 0.857. The Bertz CT molecular complexity index is 661. The van der Waals surface area contributed by atoms with Gasteiger partial charge in [-0.15, -0.1) is 0 Å². The Hall–Kier alpha value is -2.36. The molecule has 2 aromatic carbocycles. The van der Waals surface area contributed by atoms with Crippen LogP contribution in [-0.4, -0.2) is 36.3 Å². The Morgan fingerprint density at radius 1 is 1.05 bits per heavy atom. The highest BCUT2D eigenvalue weighted by atomic mass is 16.2. The molecule has 0 radical (unpaired) electrons. The molecule has 0 atom stereocenters. The number of carbonyl (C=O) groups excluding carboxylic acids is 2. The van der Waals surface area contributed by atoms with Crippen molar-refractivity contribution < 1.29 is 9.59 Å². The summed E-state index contributed by atoms with van der Waals surface area (Å²) < 4.78 is 0. The average Bonchev–Trinajstić information content (AvgIpc) is 2.71. The van der Waals surface area contributed by atoms with Gasteiger partial charge in [-0.25, -0.2) is 0 Å². The van der Waals surface area contributed by atoms with Gasteiger partial charge in [0.1, 0.15) is 0 Å². The van der Waals surface area contributed by atoms with Crippen molar-refractivity contribution in [3.8, 4) is 0 Å². The van der Waals surface area contributed by atoms with Crippen molar-refractivity contribution in [1.82, 2.24) is 10.2 Å². The molecule has 20 heavy (non-hydrogen) atoms. The van der Waals surface area contributed by atoms with Crippen LogP contribution >= 0.6 is 0 Å². The summed E-state index contributed by atoms with van der Waals surface area (Å²) in [6.07, 6.45) is 0.372. The minimum atomic E-state index is -0.00157. The molecule has 102 valence electrons. The maximum Gasteiger partial charge on any atom is 0.254 e. The Labute approximate surface area is 117 Å². The van der Waals surface area contributed by atoms with E-state index < -0.39 is 0 Å². The number of rotatable bonds is 1. The van der Waals surface area contributed by atoms with Crippen LogP contribution in [0.5, 0.6) is 0 Å². The maximum atomic E-state index is 12.7. The molecule has 0 aliphatic carbocycles. The smallest absolute Gasteiger partial charge is 0.254 e. The molecular formula is C16H16N2O2. The van der Waals surface area contributed by atoms with Crippen molar-refractivity contribution in [2.75, 3.05) is 19.6 Å². The fourth-order valence-corrected chi connectivity index (χ4v) is 2.55. The topological polar surface area (TPSA) is 49.4 Å². The molecule has 1 fully saturated rings. The number of carbonyl (C=O) groups is 2. The first kappa shape index (κ1) is 12.7. The lowest BCUT2D eigenvalue weighted by Gasteiger charge is -2.20. The second-order valence-electron chi connectivity index (χ2n) is 4.92. The molecule has 4 heteroatoms. The zero-order valence-corrected chi connectivity index (χ0v) is 11.1. The van der Waals surface area contributed by atoms with Gasteiger partial charge in [-0.1, -0.05) is 36.4 Å². The lowest BCUT2D eigenvalue weighted by atomic mass is 10.0. The minimum Gasteiger partial charge on any atom is -0.354 e. The van der Waals surface area contributed by atoms with Crippen molar-refractivity contribution in [2.45, 2.75) is 6.42 Å². The molecule has 0 bridgehead atoms. The van der Waals surface area contributed by atoms with Gasteiger partial charge in [0, 0.05) is 31.6 Å². The number of benzene rings is 2. The molecule has 2 aromatic rings. The molecular weight excluding hydrogens is 252 g/mol. The summed E-state index contributed by atoms with van der Waals surface area (Å²) in [5.74, 6) is 0.0107. The van der Waals surface area contributed by atoms with Gasteiger partial charge in [0.05, 0.1) is 0 Å². The molecule has 3 rings (SSSR count). The fourth-order valence-electron chi connectivity index (χ4n) is 2.55. The molecule has 0 saturated carbocycles. The summed E-state index contributed by atoms with van der Waals surface area (Å²) in [6, 6.07) is 13.6. The second kappa shape index (κ2) is 5.33. The van der Waals surface area contributed by atoms with Gasteiger partial charge in [-0.3, -0.25) is 9.59 Å².